The molecule has 24 heavy (non-hydrogen) atoms. The average Bonchev–Trinajstić information content (AvgIpc) is 2.55. The third-order valence-corrected chi connectivity index (χ3v) is 4.24. The first-order chi connectivity index (χ1) is 11.5. The molecule has 0 unspecified atom stereocenters. The molecule has 0 aliphatic carbocycles. The second-order valence-corrected chi connectivity index (χ2v) is 6.15. The predicted molar refractivity (Wildman–Crippen MR) is 95.3 cm³/mol. The zero-order chi connectivity index (χ0) is 17.1. The van der Waals surface area contributed by atoms with Gasteiger partial charge in [0, 0.05) is 23.5 Å². The lowest BCUT2D eigenvalue weighted by atomic mass is 9.99. The summed E-state index contributed by atoms with van der Waals surface area (Å²) in [6, 6.07) is 13.0. The first kappa shape index (κ1) is 16.1. The van der Waals surface area contributed by atoms with E-state index in [1.807, 2.05) is 0 Å². The van der Waals surface area contributed by atoms with E-state index in [0.717, 1.165) is 25.1 Å². The number of carbonyl (C=O) groups excluding carboxylic acids is 2. The van der Waals surface area contributed by atoms with Crippen molar-refractivity contribution < 1.29 is 9.59 Å². The number of hydrogen-bond donors (Lipinski definition) is 2. The molecule has 0 aromatic heterocycles. The van der Waals surface area contributed by atoms with Gasteiger partial charge in [0.05, 0.1) is 6.54 Å². The molecule has 2 aromatic carbocycles. The normalized spacial score (nSPS) is 13.3. The molecule has 2 amide bonds. The number of hydrogen-bond acceptors (Lipinski definition) is 3. The number of rotatable bonds is 4. The molecule has 1 aliphatic rings. The van der Waals surface area contributed by atoms with Crippen molar-refractivity contribution in [1.82, 2.24) is 0 Å². The highest BCUT2D eigenvalue weighted by Gasteiger charge is 2.19. The van der Waals surface area contributed by atoms with Gasteiger partial charge in [-0.25, -0.2) is 0 Å². The van der Waals surface area contributed by atoms with Crippen molar-refractivity contribution in [2.24, 2.45) is 5.73 Å². The number of benzene rings is 2. The number of fused-ring (bicyclic) bond motifs is 1. The number of nitrogens with two attached hydrogens (primary N) is 1. The molecule has 1 aliphatic heterocycles. The van der Waals surface area contributed by atoms with Gasteiger partial charge >= 0.3 is 0 Å². The summed E-state index contributed by atoms with van der Waals surface area (Å²) in [5.41, 5.74) is 9.99. The molecule has 124 valence electrons. The number of primary amides is 1. The van der Waals surface area contributed by atoms with Crippen LogP contribution in [0.3, 0.4) is 0 Å². The van der Waals surface area contributed by atoms with Crippen molar-refractivity contribution in [3.05, 3.63) is 59.2 Å². The van der Waals surface area contributed by atoms with E-state index in [0.29, 0.717) is 17.8 Å². The Balaban J connectivity index is 1.66. The monoisotopic (exact) mass is 323 g/mol. The lowest BCUT2D eigenvalue weighted by molar-refractivity contribution is -0.115. The van der Waals surface area contributed by atoms with Crippen LogP contribution in [0.25, 0.3) is 0 Å². The number of nitrogens with one attached hydrogen (secondary N) is 1. The summed E-state index contributed by atoms with van der Waals surface area (Å²) in [5, 5.41) is 2.86. The maximum Gasteiger partial charge on any atom is 0.248 e. The minimum atomic E-state index is -0.479. The molecule has 2 aromatic rings. The summed E-state index contributed by atoms with van der Waals surface area (Å²) in [5.74, 6) is -0.552. The van der Waals surface area contributed by atoms with Crippen molar-refractivity contribution in [2.75, 3.05) is 23.3 Å². The fourth-order valence-corrected chi connectivity index (χ4v) is 3.06. The quantitative estimate of drug-likeness (QED) is 0.907. The second kappa shape index (κ2) is 6.74. The Kier molecular flexibility index (Phi) is 4.51. The molecule has 0 saturated carbocycles. The van der Waals surface area contributed by atoms with Gasteiger partial charge < -0.3 is 16.0 Å². The molecule has 0 fully saturated rings. The molecule has 0 saturated heterocycles. The maximum absolute atomic E-state index is 12.3. The van der Waals surface area contributed by atoms with Crippen LogP contribution in [0, 0.1) is 6.92 Å². The van der Waals surface area contributed by atoms with Gasteiger partial charge in [-0.2, -0.15) is 0 Å². The molecule has 0 bridgehead atoms. The van der Waals surface area contributed by atoms with Crippen LogP contribution < -0.4 is 16.0 Å². The topological polar surface area (TPSA) is 75.4 Å². The molecule has 5 nitrogen and oxygen atoms in total. The third-order valence-electron chi connectivity index (χ3n) is 4.24. The van der Waals surface area contributed by atoms with Gasteiger partial charge in [-0.1, -0.05) is 17.7 Å². The van der Waals surface area contributed by atoms with E-state index in [1.165, 1.54) is 11.1 Å². The molecule has 0 atom stereocenters. The number of amides is 2. The number of anilines is 2. The van der Waals surface area contributed by atoms with Crippen LogP contribution in [0.4, 0.5) is 11.4 Å². The molecule has 1 heterocycles. The molecular weight excluding hydrogens is 302 g/mol. The SMILES string of the molecule is Cc1ccc2c(c1)CCCN2CC(=O)Nc1ccc(C(N)=O)cc1. The highest BCUT2D eigenvalue weighted by Crippen LogP contribution is 2.27. The highest BCUT2D eigenvalue weighted by atomic mass is 16.2. The molecule has 3 N–H and O–H groups in total. The Morgan fingerprint density at radius 1 is 1.17 bits per heavy atom. The van der Waals surface area contributed by atoms with Crippen molar-refractivity contribution in [3.8, 4) is 0 Å². The van der Waals surface area contributed by atoms with Crippen LogP contribution in [0.1, 0.15) is 27.9 Å². The van der Waals surface area contributed by atoms with Crippen LogP contribution in [-0.4, -0.2) is 24.9 Å². The summed E-state index contributed by atoms with van der Waals surface area (Å²) in [6.45, 7) is 3.28. The number of aryl methyl sites for hydroxylation is 2. The fraction of sp³-hybridized carbons (Fsp3) is 0.263. The molecule has 0 spiro atoms. The largest absolute Gasteiger partial charge is 0.366 e. The number of nitrogens with zero attached hydrogens (tertiary/aromatic N) is 1. The first-order valence-electron chi connectivity index (χ1n) is 8.07. The summed E-state index contributed by atoms with van der Waals surface area (Å²) >= 11 is 0. The molecule has 5 heteroatoms. The first-order valence-corrected chi connectivity index (χ1v) is 8.07. The standard InChI is InChI=1S/C19H21N3O2/c1-13-4-9-17-15(11-13)3-2-10-22(17)12-18(23)21-16-7-5-14(6-8-16)19(20)24/h4-9,11H,2-3,10,12H2,1H3,(H2,20,24)(H,21,23). The summed E-state index contributed by atoms with van der Waals surface area (Å²) in [7, 11) is 0. The highest BCUT2D eigenvalue weighted by molar-refractivity contribution is 5.96. The lowest BCUT2D eigenvalue weighted by Crippen LogP contribution is -2.36. The predicted octanol–water partition coefficient (Wildman–Crippen LogP) is 2.49. The Labute approximate surface area is 141 Å². The van der Waals surface area contributed by atoms with Crippen LogP contribution in [0.15, 0.2) is 42.5 Å². The van der Waals surface area contributed by atoms with Crippen LogP contribution in [0.2, 0.25) is 0 Å². The van der Waals surface area contributed by atoms with Crippen LogP contribution >= 0.6 is 0 Å². The lowest BCUT2D eigenvalue weighted by Gasteiger charge is -2.31. The summed E-state index contributed by atoms with van der Waals surface area (Å²) in [6.07, 6.45) is 2.11. The number of carbonyl (C=O) groups is 2. The Bertz CT molecular complexity index is 769. The van der Waals surface area contributed by atoms with Crippen molar-refractivity contribution in [3.63, 3.8) is 0 Å². The Hall–Kier alpha value is -2.82. The van der Waals surface area contributed by atoms with E-state index >= 15 is 0 Å². The third kappa shape index (κ3) is 3.56. The van der Waals surface area contributed by atoms with E-state index in [4.69, 9.17) is 5.73 Å². The summed E-state index contributed by atoms with van der Waals surface area (Å²) in [4.78, 5) is 25.5. The zero-order valence-electron chi connectivity index (χ0n) is 13.7. The maximum atomic E-state index is 12.3. The molecule has 3 rings (SSSR count). The average molecular weight is 323 g/mol. The van der Waals surface area contributed by atoms with E-state index in [-0.39, 0.29) is 5.91 Å². The van der Waals surface area contributed by atoms with Gasteiger partial charge in [-0.15, -0.1) is 0 Å². The van der Waals surface area contributed by atoms with Crippen molar-refractivity contribution >= 4 is 23.2 Å². The van der Waals surface area contributed by atoms with Crippen molar-refractivity contribution in [1.29, 1.82) is 0 Å². The smallest absolute Gasteiger partial charge is 0.248 e. The van der Waals surface area contributed by atoms with Crippen LogP contribution in [-0.2, 0) is 11.2 Å². The van der Waals surface area contributed by atoms with Gasteiger partial charge in [-0.05, 0) is 55.7 Å². The molecule has 0 radical (unpaired) electrons. The second-order valence-electron chi connectivity index (χ2n) is 6.15. The van der Waals surface area contributed by atoms with E-state index in [2.05, 4.69) is 35.3 Å². The zero-order valence-corrected chi connectivity index (χ0v) is 13.7. The van der Waals surface area contributed by atoms with Gasteiger partial charge in [0.25, 0.3) is 0 Å². The van der Waals surface area contributed by atoms with E-state index in [9.17, 15) is 9.59 Å². The van der Waals surface area contributed by atoms with Gasteiger partial charge in [-0.3, -0.25) is 9.59 Å². The Morgan fingerprint density at radius 2 is 1.92 bits per heavy atom. The van der Waals surface area contributed by atoms with Gasteiger partial charge in [0.15, 0.2) is 0 Å². The Morgan fingerprint density at radius 3 is 2.62 bits per heavy atom. The van der Waals surface area contributed by atoms with Crippen molar-refractivity contribution in [2.45, 2.75) is 19.8 Å². The van der Waals surface area contributed by atoms with E-state index in [1.54, 1.807) is 24.3 Å². The minimum absolute atomic E-state index is 0.0738. The molecular formula is C19H21N3O2. The fourth-order valence-electron chi connectivity index (χ4n) is 3.06. The minimum Gasteiger partial charge on any atom is -0.366 e. The van der Waals surface area contributed by atoms with E-state index < -0.39 is 5.91 Å². The summed E-state index contributed by atoms with van der Waals surface area (Å²) < 4.78 is 0. The van der Waals surface area contributed by atoms with Crippen LogP contribution in [0.5, 0.6) is 0 Å². The van der Waals surface area contributed by atoms with Gasteiger partial charge in [0.2, 0.25) is 11.8 Å². The van der Waals surface area contributed by atoms with Gasteiger partial charge in [0.1, 0.15) is 0 Å².